The number of nitrogens with zero attached hydrogens (tertiary/aromatic N) is 2. The molecule has 0 aliphatic carbocycles. The third-order valence-corrected chi connectivity index (χ3v) is 2.72. The zero-order chi connectivity index (χ0) is 11.2. The average Bonchev–Trinajstić information content (AvgIpc) is 2.75. The van der Waals surface area contributed by atoms with E-state index in [4.69, 9.17) is 9.26 Å². The first-order valence-electron chi connectivity index (χ1n) is 6.02. The van der Waals surface area contributed by atoms with E-state index in [2.05, 4.69) is 15.5 Å². The Morgan fingerprint density at radius 2 is 2.38 bits per heavy atom. The molecule has 0 amide bonds. The van der Waals surface area contributed by atoms with Crippen molar-refractivity contribution in [2.75, 3.05) is 13.2 Å². The molecule has 2 heterocycles. The number of hydrogen-bond acceptors (Lipinski definition) is 5. The van der Waals surface area contributed by atoms with Gasteiger partial charge in [0, 0.05) is 13.0 Å². The number of hydrogen-bond donors (Lipinski definition) is 1. The van der Waals surface area contributed by atoms with E-state index in [0.29, 0.717) is 12.4 Å². The molecule has 0 bridgehead atoms. The van der Waals surface area contributed by atoms with Crippen molar-refractivity contribution >= 4 is 0 Å². The molecular weight excluding hydrogens is 206 g/mol. The maximum atomic E-state index is 5.63. The van der Waals surface area contributed by atoms with Crippen molar-refractivity contribution < 1.29 is 9.26 Å². The predicted octanol–water partition coefficient (Wildman–Crippen LogP) is 1.29. The van der Waals surface area contributed by atoms with Gasteiger partial charge in [-0.15, -0.1) is 0 Å². The Kier molecular flexibility index (Phi) is 4.30. The molecule has 1 aromatic rings. The lowest BCUT2D eigenvalue weighted by Crippen LogP contribution is -2.21. The largest absolute Gasteiger partial charge is 0.378 e. The highest BCUT2D eigenvalue weighted by atomic mass is 16.5. The van der Waals surface area contributed by atoms with Gasteiger partial charge in [-0.05, 0) is 25.8 Å². The smallest absolute Gasteiger partial charge is 0.240 e. The summed E-state index contributed by atoms with van der Waals surface area (Å²) in [5.74, 6) is 1.42. The monoisotopic (exact) mass is 225 g/mol. The van der Waals surface area contributed by atoms with Crippen LogP contribution in [-0.4, -0.2) is 29.4 Å². The van der Waals surface area contributed by atoms with Crippen LogP contribution in [0.15, 0.2) is 4.52 Å². The Morgan fingerprint density at radius 1 is 1.44 bits per heavy atom. The summed E-state index contributed by atoms with van der Waals surface area (Å²) >= 11 is 0. The molecule has 1 fully saturated rings. The van der Waals surface area contributed by atoms with Crippen LogP contribution in [0.4, 0.5) is 0 Å². The summed E-state index contributed by atoms with van der Waals surface area (Å²) in [7, 11) is 0. The lowest BCUT2D eigenvalue weighted by atomic mass is 10.1. The van der Waals surface area contributed by atoms with Crippen LogP contribution in [0.1, 0.15) is 37.9 Å². The van der Waals surface area contributed by atoms with Gasteiger partial charge in [0.2, 0.25) is 5.89 Å². The molecule has 0 saturated carbocycles. The second kappa shape index (κ2) is 5.96. The first-order valence-corrected chi connectivity index (χ1v) is 6.02. The summed E-state index contributed by atoms with van der Waals surface area (Å²) in [5.41, 5.74) is 0. The lowest BCUT2D eigenvalue weighted by Gasteiger charge is -2.20. The molecule has 1 aliphatic rings. The Hall–Kier alpha value is -0.940. The molecule has 1 unspecified atom stereocenters. The highest BCUT2D eigenvalue weighted by molar-refractivity contribution is 4.89. The second-order valence-electron chi connectivity index (χ2n) is 4.08. The minimum atomic E-state index is 0.276. The van der Waals surface area contributed by atoms with Gasteiger partial charge in [0.25, 0.3) is 0 Å². The molecular formula is C11H19N3O2. The standard InChI is InChI=1S/C11H19N3O2/c1-2-12-8-11-13-10(14-16-11)7-9-5-3-4-6-15-9/h9,12H,2-8H2,1H3. The molecule has 5 nitrogen and oxygen atoms in total. The van der Waals surface area contributed by atoms with Crippen molar-refractivity contribution in [3.8, 4) is 0 Å². The van der Waals surface area contributed by atoms with E-state index in [9.17, 15) is 0 Å². The van der Waals surface area contributed by atoms with Gasteiger partial charge in [-0.25, -0.2) is 0 Å². The Labute approximate surface area is 95.6 Å². The van der Waals surface area contributed by atoms with Crippen LogP contribution in [0, 0.1) is 0 Å². The van der Waals surface area contributed by atoms with E-state index in [-0.39, 0.29) is 6.10 Å². The van der Waals surface area contributed by atoms with Crippen molar-refractivity contribution in [3.05, 3.63) is 11.7 Å². The Balaban J connectivity index is 1.81. The van der Waals surface area contributed by atoms with Gasteiger partial charge < -0.3 is 14.6 Å². The molecule has 0 aromatic carbocycles. The second-order valence-corrected chi connectivity index (χ2v) is 4.08. The quantitative estimate of drug-likeness (QED) is 0.818. The van der Waals surface area contributed by atoms with Crippen LogP contribution in [-0.2, 0) is 17.7 Å². The lowest BCUT2D eigenvalue weighted by molar-refractivity contribution is 0.0153. The van der Waals surface area contributed by atoms with Crippen molar-refractivity contribution in [2.24, 2.45) is 0 Å². The van der Waals surface area contributed by atoms with Crippen molar-refractivity contribution in [3.63, 3.8) is 0 Å². The van der Waals surface area contributed by atoms with Crippen LogP contribution in [0.2, 0.25) is 0 Å². The molecule has 2 rings (SSSR count). The minimum Gasteiger partial charge on any atom is -0.378 e. The third-order valence-electron chi connectivity index (χ3n) is 2.72. The molecule has 1 aromatic heterocycles. The van der Waals surface area contributed by atoms with E-state index < -0.39 is 0 Å². The maximum absolute atomic E-state index is 5.63. The van der Waals surface area contributed by atoms with Gasteiger partial charge in [0.05, 0.1) is 12.6 Å². The highest BCUT2D eigenvalue weighted by Gasteiger charge is 2.17. The van der Waals surface area contributed by atoms with Crippen molar-refractivity contribution in [1.29, 1.82) is 0 Å². The Bertz CT molecular complexity index is 308. The SMILES string of the molecule is CCNCc1nc(CC2CCCCO2)no1. The summed E-state index contributed by atoms with van der Waals surface area (Å²) in [5, 5.41) is 7.11. The molecule has 16 heavy (non-hydrogen) atoms. The van der Waals surface area contributed by atoms with Crippen LogP contribution in [0.25, 0.3) is 0 Å². The van der Waals surface area contributed by atoms with Gasteiger partial charge in [-0.1, -0.05) is 12.1 Å². The fourth-order valence-electron chi connectivity index (χ4n) is 1.85. The molecule has 1 atom stereocenters. The van der Waals surface area contributed by atoms with Gasteiger partial charge in [0.1, 0.15) is 0 Å². The number of nitrogens with one attached hydrogen (secondary N) is 1. The molecule has 1 aliphatic heterocycles. The van der Waals surface area contributed by atoms with Gasteiger partial charge in [0.15, 0.2) is 5.82 Å². The number of rotatable bonds is 5. The first kappa shape index (κ1) is 11.5. The molecule has 0 radical (unpaired) electrons. The first-order chi connectivity index (χ1) is 7.88. The van der Waals surface area contributed by atoms with Gasteiger partial charge >= 0.3 is 0 Å². The van der Waals surface area contributed by atoms with E-state index in [1.807, 2.05) is 6.92 Å². The number of aromatic nitrogens is 2. The fourth-order valence-corrected chi connectivity index (χ4v) is 1.85. The molecule has 0 spiro atoms. The van der Waals surface area contributed by atoms with Crippen molar-refractivity contribution in [1.82, 2.24) is 15.5 Å². The maximum Gasteiger partial charge on any atom is 0.240 e. The summed E-state index contributed by atoms with van der Waals surface area (Å²) in [6.07, 6.45) is 4.58. The van der Waals surface area contributed by atoms with Crippen LogP contribution < -0.4 is 5.32 Å². The molecule has 5 heteroatoms. The normalized spacial score (nSPS) is 21.2. The van der Waals surface area contributed by atoms with Crippen molar-refractivity contribution in [2.45, 2.75) is 45.3 Å². The summed E-state index contributed by atoms with van der Waals surface area (Å²) in [4.78, 5) is 4.32. The molecule has 1 N–H and O–H groups in total. The minimum absolute atomic E-state index is 0.276. The topological polar surface area (TPSA) is 60.2 Å². The fraction of sp³-hybridized carbons (Fsp3) is 0.818. The zero-order valence-corrected chi connectivity index (χ0v) is 9.74. The van der Waals surface area contributed by atoms with E-state index in [0.717, 1.165) is 31.8 Å². The van der Waals surface area contributed by atoms with Crippen LogP contribution in [0.3, 0.4) is 0 Å². The van der Waals surface area contributed by atoms with E-state index in [1.165, 1.54) is 12.8 Å². The zero-order valence-electron chi connectivity index (χ0n) is 9.74. The molecule has 90 valence electrons. The summed E-state index contributed by atoms with van der Waals surface area (Å²) in [6, 6.07) is 0. The van der Waals surface area contributed by atoms with E-state index in [1.54, 1.807) is 0 Å². The third kappa shape index (κ3) is 3.28. The Morgan fingerprint density at radius 3 is 3.12 bits per heavy atom. The number of ether oxygens (including phenoxy) is 1. The predicted molar refractivity (Wildman–Crippen MR) is 59.0 cm³/mol. The van der Waals surface area contributed by atoms with Gasteiger partial charge in [-0.3, -0.25) is 0 Å². The van der Waals surface area contributed by atoms with Crippen LogP contribution in [0.5, 0.6) is 0 Å². The summed E-state index contributed by atoms with van der Waals surface area (Å²) in [6.45, 7) is 4.47. The van der Waals surface area contributed by atoms with Crippen LogP contribution >= 0.6 is 0 Å². The molecule has 1 saturated heterocycles. The highest BCUT2D eigenvalue weighted by Crippen LogP contribution is 2.15. The van der Waals surface area contributed by atoms with E-state index >= 15 is 0 Å². The summed E-state index contributed by atoms with van der Waals surface area (Å²) < 4.78 is 10.8. The van der Waals surface area contributed by atoms with Gasteiger partial charge in [-0.2, -0.15) is 4.98 Å². The average molecular weight is 225 g/mol.